The van der Waals surface area contributed by atoms with Crippen molar-refractivity contribution in [3.63, 3.8) is 0 Å². The maximum absolute atomic E-state index is 12.4. The van der Waals surface area contributed by atoms with E-state index in [0.717, 1.165) is 21.7 Å². The standard InChI is InChI=1S/C20H24ClN3O2/c1-13-7-5-10-18(14(13)2)23-19(25)12-24(4)15(3)20(26)22-17-9-6-8-16(21)11-17/h5-11,15H,12H2,1-4H3,(H,22,26)(H,23,25)/p+1/t15-/m1/s1. The van der Waals surface area contributed by atoms with Gasteiger partial charge in [0, 0.05) is 16.4 Å². The number of benzene rings is 2. The summed E-state index contributed by atoms with van der Waals surface area (Å²) >= 11 is 5.93. The van der Waals surface area contributed by atoms with Crippen molar-refractivity contribution in [3.8, 4) is 0 Å². The molecular weight excluding hydrogens is 350 g/mol. The Labute approximate surface area is 159 Å². The summed E-state index contributed by atoms with van der Waals surface area (Å²) in [6.07, 6.45) is 0. The van der Waals surface area contributed by atoms with Gasteiger partial charge in [-0.3, -0.25) is 9.59 Å². The molecule has 3 N–H and O–H groups in total. The van der Waals surface area contributed by atoms with Crippen molar-refractivity contribution >= 4 is 34.8 Å². The van der Waals surface area contributed by atoms with Gasteiger partial charge >= 0.3 is 0 Å². The van der Waals surface area contributed by atoms with Crippen molar-refractivity contribution in [2.24, 2.45) is 0 Å². The molecule has 0 fully saturated rings. The number of amides is 2. The van der Waals surface area contributed by atoms with Crippen molar-refractivity contribution in [1.29, 1.82) is 0 Å². The fraction of sp³-hybridized carbons (Fsp3) is 0.300. The number of nitrogens with one attached hydrogen (secondary N) is 3. The smallest absolute Gasteiger partial charge is 0.282 e. The van der Waals surface area contributed by atoms with Crippen LogP contribution in [0.2, 0.25) is 5.02 Å². The Balaban J connectivity index is 1.93. The zero-order valence-electron chi connectivity index (χ0n) is 15.5. The molecule has 0 aliphatic carbocycles. The third kappa shape index (κ3) is 5.31. The van der Waals surface area contributed by atoms with E-state index in [2.05, 4.69) is 10.6 Å². The molecule has 2 aromatic carbocycles. The van der Waals surface area contributed by atoms with Gasteiger partial charge in [0.1, 0.15) is 0 Å². The van der Waals surface area contributed by atoms with Crippen LogP contribution in [0.5, 0.6) is 0 Å². The third-order valence-corrected chi connectivity index (χ3v) is 4.78. The van der Waals surface area contributed by atoms with Crippen LogP contribution in [0.4, 0.5) is 11.4 Å². The summed E-state index contributed by atoms with van der Waals surface area (Å²) in [5, 5.41) is 6.31. The number of hydrogen-bond donors (Lipinski definition) is 3. The lowest BCUT2D eigenvalue weighted by Gasteiger charge is -2.21. The normalized spacial score (nSPS) is 13.0. The molecule has 0 saturated carbocycles. The molecule has 0 spiro atoms. The van der Waals surface area contributed by atoms with Crippen molar-refractivity contribution < 1.29 is 14.5 Å². The van der Waals surface area contributed by atoms with Crippen molar-refractivity contribution in [2.75, 3.05) is 24.2 Å². The number of quaternary nitrogens is 1. The highest BCUT2D eigenvalue weighted by Gasteiger charge is 2.24. The summed E-state index contributed by atoms with van der Waals surface area (Å²) in [5.41, 5.74) is 3.61. The van der Waals surface area contributed by atoms with E-state index in [1.54, 1.807) is 31.2 Å². The summed E-state index contributed by atoms with van der Waals surface area (Å²) < 4.78 is 0. The molecule has 0 heterocycles. The first-order chi connectivity index (χ1) is 12.3. The first-order valence-corrected chi connectivity index (χ1v) is 8.90. The van der Waals surface area contributed by atoms with Crippen LogP contribution in [-0.2, 0) is 9.59 Å². The van der Waals surface area contributed by atoms with Gasteiger partial charge in [0.15, 0.2) is 12.6 Å². The highest BCUT2D eigenvalue weighted by molar-refractivity contribution is 6.30. The minimum Gasteiger partial charge on any atom is -0.321 e. The minimum absolute atomic E-state index is 0.126. The lowest BCUT2D eigenvalue weighted by molar-refractivity contribution is -0.885. The summed E-state index contributed by atoms with van der Waals surface area (Å²) in [6.45, 7) is 5.96. The van der Waals surface area contributed by atoms with E-state index in [1.165, 1.54) is 0 Å². The summed E-state index contributed by atoms with van der Waals surface area (Å²) in [4.78, 5) is 25.5. The predicted octanol–water partition coefficient (Wildman–Crippen LogP) is 2.44. The predicted molar refractivity (Wildman–Crippen MR) is 106 cm³/mol. The summed E-state index contributed by atoms with van der Waals surface area (Å²) in [5.74, 6) is -0.289. The van der Waals surface area contributed by atoms with Gasteiger partial charge in [0.25, 0.3) is 11.8 Å². The molecule has 2 aromatic rings. The Bertz CT molecular complexity index is 807. The van der Waals surface area contributed by atoms with E-state index >= 15 is 0 Å². The molecule has 0 bridgehead atoms. The zero-order chi connectivity index (χ0) is 19.3. The van der Waals surface area contributed by atoms with Gasteiger partial charge in [0.05, 0.1) is 7.05 Å². The van der Waals surface area contributed by atoms with Gasteiger partial charge in [0.2, 0.25) is 0 Å². The van der Waals surface area contributed by atoms with Crippen LogP contribution in [-0.4, -0.2) is 31.4 Å². The maximum atomic E-state index is 12.4. The number of rotatable bonds is 6. The fourth-order valence-corrected chi connectivity index (χ4v) is 2.72. The lowest BCUT2D eigenvalue weighted by Crippen LogP contribution is -3.14. The first-order valence-electron chi connectivity index (χ1n) is 8.52. The van der Waals surface area contributed by atoms with Crippen LogP contribution in [0.15, 0.2) is 42.5 Å². The molecule has 0 aliphatic heterocycles. The highest BCUT2D eigenvalue weighted by atomic mass is 35.5. The number of likely N-dealkylation sites (N-methyl/N-ethyl adjacent to an activating group) is 1. The number of halogens is 1. The number of hydrogen-bond acceptors (Lipinski definition) is 2. The van der Waals surface area contributed by atoms with E-state index in [4.69, 9.17) is 11.6 Å². The molecule has 0 saturated heterocycles. The van der Waals surface area contributed by atoms with Crippen molar-refractivity contribution in [3.05, 3.63) is 58.6 Å². The first kappa shape index (κ1) is 19.9. The second-order valence-electron chi connectivity index (χ2n) is 6.54. The number of carbonyl (C=O) groups excluding carboxylic acids is 2. The minimum atomic E-state index is -0.390. The Hall–Kier alpha value is -2.37. The van der Waals surface area contributed by atoms with Crippen LogP contribution in [0.1, 0.15) is 18.1 Å². The van der Waals surface area contributed by atoms with Crippen LogP contribution >= 0.6 is 11.6 Å². The SMILES string of the molecule is Cc1cccc(NC(=O)C[NH+](C)[C@H](C)C(=O)Nc2cccc(Cl)c2)c1C. The molecule has 5 nitrogen and oxygen atoms in total. The van der Waals surface area contributed by atoms with Crippen LogP contribution in [0.3, 0.4) is 0 Å². The van der Waals surface area contributed by atoms with Crippen LogP contribution < -0.4 is 15.5 Å². The molecule has 0 aromatic heterocycles. The molecule has 1 unspecified atom stereocenters. The Morgan fingerprint density at radius 2 is 1.81 bits per heavy atom. The molecule has 0 aliphatic rings. The number of anilines is 2. The van der Waals surface area contributed by atoms with Crippen LogP contribution in [0, 0.1) is 13.8 Å². The lowest BCUT2D eigenvalue weighted by atomic mass is 10.1. The molecule has 2 rings (SSSR count). The topological polar surface area (TPSA) is 62.6 Å². The Morgan fingerprint density at radius 3 is 2.50 bits per heavy atom. The van der Waals surface area contributed by atoms with Gasteiger partial charge < -0.3 is 15.5 Å². The summed E-state index contributed by atoms with van der Waals surface area (Å²) in [7, 11) is 1.82. The van der Waals surface area contributed by atoms with Gasteiger partial charge in [-0.2, -0.15) is 0 Å². The average Bonchev–Trinajstić information content (AvgIpc) is 2.58. The van der Waals surface area contributed by atoms with E-state index in [0.29, 0.717) is 10.7 Å². The third-order valence-electron chi connectivity index (χ3n) is 4.54. The molecule has 138 valence electrons. The molecular formula is C20H25ClN3O2+. The Morgan fingerprint density at radius 1 is 1.12 bits per heavy atom. The molecule has 26 heavy (non-hydrogen) atoms. The largest absolute Gasteiger partial charge is 0.321 e. The van der Waals surface area contributed by atoms with Gasteiger partial charge in [-0.1, -0.05) is 29.8 Å². The zero-order valence-corrected chi connectivity index (χ0v) is 16.3. The molecule has 2 amide bonds. The van der Waals surface area contributed by atoms with Gasteiger partial charge in [-0.25, -0.2) is 0 Å². The van der Waals surface area contributed by atoms with E-state index < -0.39 is 6.04 Å². The van der Waals surface area contributed by atoms with Crippen molar-refractivity contribution in [1.82, 2.24) is 0 Å². The van der Waals surface area contributed by atoms with Gasteiger partial charge in [-0.05, 0) is 56.2 Å². The fourth-order valence-electron chi connectivity index (χ4n) is 2.53. The number of carbonyl (C=O) groups is 2. The molecule has 6 heteroatoms. The maximum Gasteiger partial charge on any atom is 0.282 e. The second kappa shape index (κ2) is 8.83. The molecule has 2 atom stereocenters. The molecule has 0 radical (unpaired) electrons. The average molecular weight is 375 g/mol. The van der Waals surface area contributed by atoms with Crippen molar-refractivity contribution in [2.45, 2.75) is 26.8 Å². The van der Waals surface area contributed by atoms with Crippen LogP contribution in [0.25, 0.3) is 0 Å². The quantitative estimate of drug-likeness (QED) is 0.727. The monoisotopic (exact) mass is 374 g/mol. The van der Waals surface area contributed by atoms with Gasteiger partial charge in [-0.15, -0.1) is 0 Å². The van der Waals surface area contributed by atoms with E-state index in [1.807, 2.05) is 39.1 Å². The second-order valence-corrected chi connectivity index (χ2v) is 6.98. The summed E-state index contributed by atoms with van der Waals surface area (Å²) in [6, 6.07) is 12.4. The Kier molecular flexibility index (Phi) is 6.77. The van der Waals surface area contributed by atoms with E-state index in [-0.39, 0.29) is 18.4 Å². The van der Waals surface area contributed by atoms with E-state index in [9.17, 15) is 9.59 Å². The number of aryl methyl sites for hydroxylation is 1. The highest BCUT2D eigenvalue weighted by Crippen LogP contribution is 2.17.